The van der Waals surface area contributed by atoms with E-state index >= 15 is 0 Å². The van der Waals surface area contributed by atoms with Crippen LogP contribution in [0, 0.1) is 0 Å². The third-order valence-electron chi connectivity index (χ3n) is 1.74. The fourth-order valence-corrected chi connectivity index (χ4v) is 1.05. The third-order valence-corrected chi connectivity index (χ3v) is 1.74. The van der Waals surface area contributed by atoms with Crippen LogP contribution in [0.3, 0.4) is 0 Å². The van der Waals surface area contributed by atoms with Gasteiger partial charge < -0.3 is 15.9 Å². The van der Waals surface area contributed by atoms with E-state index in [2.05, 4.69) is 15.3 Å². The quantitative estimate of drug-likeness (QED) is 0.666. The molecular weight excluding hydrogens is 220 g/mol. The second kappa shape index (κ2) is 6.37. The predicted octanol–water partition coefficient (Wildman–Crippen LogP) is 0.103. The Hall–Kier alpha value is -0.100. The van der Waals surface area contributed by atoms with Crippen molar-refractivity contribution in [2.45, 2.75) is 5.67 Å². The lowest BCUT2D eigenvalue weighted by Crippen LogP contribution is -2.41. The van der Waals surface area contributed by atoms with Gasteiger partial charge in [0.1, 0.15) is 12.8 Å². The van der Waals surface area contributed by atoms with Crippen LogP contribution in [0.5, 0.6) is 0 Å². The molecule has 0 radical (unpaired) electrons. The number of halogens is 3. The van der Waals surface area contributed by atoms with Crippen LogP contribution in [0.2, 0.25) is 0 Å². The first-order chi connectivity index (χ1) is 5.23. The average molecular weight is 234 g/mol. The van der Waals surface area contributed by atoms with Crippen LogP contribution in [0.15, 0.2) is 5.16 Å². The number of nitrogens with two attached hydrogens (primary N) is 1. The molecule has 0 spiro atoms. The molecule has 13 heavy (non-hydrogen) atoms. The normalized spacial score (nSPS) is 29.3. The van der Waals surface area contributed by atoms with Crippen molar-refractivity contribution in [1.82, 2.24) is 5.32 Å². The number of alkyl halides is 1. The number of nitrogens with one attached hydrogen (secondary N) is 1. The van der Waals surface area contributed by atoms with Gasteiger partial charge in [-0.3, -0.25) is 0 Å². The zero-order valence-corrected chi connectivity index (χ0v) is 8.88. The van der Waals surface area contributed by atoms with Crippen molar-refractivity contribution in [3.05, 3.63) is 0 Å². The summed E-state index contributed by atoms with van der Waals surface area (Å²) < 4.78 is 13.5. The van der Waals surface area contributed by atoms with Crippen molar-refractivity contribution in [1.29, 1.82) is 0 Å². The molecule has 7 heteroatoms. The minimum absolute atomic E-state index is 0. The van der Waals surface area contributed by atoms with Gasteiger partial charge in [0, 0.05) is 19.6 Å². The molecule has 4 nitrogen and oxygen atoms in total. The van der Waals surface area contributed by atoms with Crippen molar-refractivity contribution in [2.75, 3.05) is 26.7 Å². The van der Waals surface area contributed by atoms with Crippen LogP contribution >= 0.6 is 24.8 Å². The maximum Gasteiger partial charge on any atom is 0.177 e. The van der Waals surface area contributed by atoms with Crippen molar-refractivity contribution < 1.29 is 9.23 Å². The van der Waals surface area contributed by atoms with Gasteiger partial charge in [0.05, 0.1) is 0 Å². The van der Waals surface area contributed by atoms with Gasteiger partial charge in [-0.25, -0.2) is 4.39 Å². The van der Waals surface area contributed by atoms with Gasteiger partial charge >= 0.3 is 0 Å². The molecule has 0 saturated carbocycles. The largest absolute Gasteiger partial charge is 0.399 e. The highest BCUT2D eigenvalue weighted by Crippen LogP contribution is 2.15. The summed E-state index contributed by atoms with van der Waals surface area (Å²) in [5, 5.41) is 6.38. The zero-order valence-electron chi connectivity index (χ0n) is 7.25. The molecule has 1 rings (SSSR count). The summed E-state index contributed by atoms with van der Waals surface area (Å²) in [4.78, 5) is 4.48. The zero-order chi connectivity index (χ0) is 8.32. The van der Waals surface area contributed by atoms with Crippen LogP contribution < -0.4 is 11.1 Å². The van der Waals surface area contributed by atoms with E-state index in [0.29, 0.717) is 12.3 Å². The molecule has 1 atom stereocenters. The summed E-state index contributed by atoms with van der Waals surface area (Å²) in [7, 11) is 1.39. The Kier molecular flexibility index (Phi) is 7.53. The van der Waals surface area contributed by atoms with E-state index in [1.807, 2.05) is 0 Å². The molecule has 0 bridgehead atoms. The summed E-state index contributed by atoms with van der Waals surface area (Å²) in [6.07, 6.45) is 0. The van der Waals surface area contributed by atoms with Crippen molar-refractivity contribution in [2.24, 2.45) is 10.9 Å². The molecule has 0 amide bonds. The molecule has 3 N–H and O–H groups in total. The van der Waals surface area contributed by atoms with Crippen molar-refractivity contribution >= 4 is 30.5 Å². The first-order valence-corrected chi connectivity index (χ1v) is 3.43. The molecule has 1 fully saturated rings. The van der Waals surface area contributed by atoms with E-state index < -0.39 is 5.67 Å². The first kappa shape index (κ1) is 15.4. The molecule has 1 aliphatic heterocycles. The van der Waals surface area contributed by atoms with Crippen molar-refractivity contribution in [3.8, 4) is 0 Å². The van der Waals surface area contributed by atoms with Gasteiger partial charge in [0.25, 0.3) is 0 Å². The molecule has 0 aromatic carbocycles. The number of rotatable bonds is 2. The van der Waals surface area contributed by atoms with Gasteiger partial charge in [-0.05, 0) is 0 Å². The number of oxime groups is 1. The maximum absolute atomic E-state index is 13.5. The minimum atomic E-state index is -1.50. The summed E-state index contributed by atoms with van der Waals surface area (Å²) in [6.45, 7) is 0.593. The van der Waals surface area contributed by atoms with E-state index in [0.717, 1.165) is 0 Å². The fraction of sp³-hybridized carbons (Fsp3) is 0.833. The Labute approximate surface area is 88.9 Å². The van der Waals surface area contributed by atoms with Gasteiger partial charge in [-0.2, -0.15) is 0 Å². The van der Waals surface area contributed by atoms with E-state index in [9.17, 15) is 4.39 Å². The smallest absolute Gasteiger partial charge is 0.177 e. The summed E-state index contributed by atoms with van der Waals surface area (Å²) in [5.41, 5.74) is 4.08. The Morgan fingerprint density at radius 1 is 1.69 bits per heavy atom. The number of hydrogen-bond donors (Lipinski definition) is 2. The second-order valence-corrected chi connectivity index (χ2v) is 2.49. The standard InChI is InChI=1S/C6H12FN3O.2ClH/c1-11-10-5-2-9-4-6(5,7)3-8;;/h9H,2-4,8H2,1H3;2*1H. The minimum Gasteiger partial charge on any atom is -0.399 e. The third kappa shape index (κ3) is 3.27. The Bertz CT molecular complexity index is 181. The summed E-state index contributed by atoms with van der Waals surface area (Å²) >= 11 is 0. The second-order valence-electron chi connectivity index (χ2n) is 2.49. The van der Waals surface area contributed by atoms with Crippen LogP contribution in [-0.4, -0.2) is 38.1 Å². The number of hydrogen-bond acceptors (Lipinski definition) is 4. The fourth-order valence-electron chi connectivity index (χ4n) is 1.05. The highest BCUT2D eigenvalue weighted by molar-refractivity contribution is 5.96. The molecule has 80 valence electrons. The lowest BCUT2D eigenvalue weighted by Gasteiger charge is -2.15. The molecule has 1 saturated heterocycles. The molecule has 0 aromatic rings. The predicted molar refractivity (Wildman–Crippen MR) is 54.7 cm³/mol. The van der Waals surface area contributed by atoms with Crippen LogP contribution in [-0.2, 0) is 4.84 Å². The first-order valence-electron chi connectivity index (χ1n) is 3.43. The van der Waals surface area contributed by atoms with Crippen LogP contribution in [0.4, 0.5) is 4.39 Å². The van der Waals surface area contributed by atoms with Gasteiger partial charge in [-0.15, -0.1) is 24.8 Å². The van der Waals surface area contributed by atoms with Crippen LogP contribution in [0.1, 0.15) is 0 Å². The highest BCUT2D eigenvalue weighted by Gasteiger charge is 2.39. The van der Waals surface area contributed by atoms with E-state index in [-0.39, 0.29) is 37.9 Å². The van der Waals surface area contributed by atoms with Crippen molar-refractivity contribution in [3.63, 3.8) is 0 Å². The summed E-state index contributed by atoms with van der Waals surface area (Å²) in [6, 6.07) is 0. The van der Waals surface area contributed by atoms with E-state index in [1.54, 1.807) is 0 Å². The molecule has 1 aliphatic rings. The Balaban J connectivity index is 0. The molecule has 0 aliphatic carbocycles. The summed E-state index contributed by atoms with van der Waals surface area (Å²) in [5.74, 6) is 0. The lowest BCUT2D eigenvalue weighted by molar-refractivity contribution is 0.201. The molecule has 1 heterocycles. The number of nitrogens with zero attached hydrogens (tertiary/aromatic N) is 1. The van der Waals surface area contributed by atoms with E-state index in [1.165, 1.54) is 7.11 Å². The average Bonchev–Trinajstić information content (AvgIpc) is 2.35. The highest BCUT2D eigenvalue weighted by atomic mass is 35.5. The van der Waals surface area contributed by atoms with Gasteiger partial charge in [-0.1, -0.05) is 5.16 Å². The monoisotopic (exact) mass is 233 g/mol. The van der Waals surface area contributed by atoms with Crippen LogP contribution in [0.25, 0.3) is 0 Å². The Morgan fingerprint density at radius 2 is 2.31 bits per heavy atom. The molecule has 1 unspecified atom stereocenters. The van der Waals surface area contributed by atoms with E-state index in [4.69, 9.17) is 5.73 Å². The van der Waals surface area contributed by atoms with Gasteiger partial charge in [0.15, 0.2) is 5.67 Å². The molecular formula is C6H14Cl2FN3O. The molecule has 0 aromatic heterocycles. The lowest BCUT2D eigenvalue weighted by atomic mass is 10.0. The maximum atomic E-state index is 13.5. The van der Waals surface area contributed by atoms with Gasteiger partial charge in [0.2, 0.25) is 0 Å². The SMILES string of the molecule is CON=C1CNCC1(F)CN.Cl.Cl. The topological polar surface area (TPSA) is 59.6 Å². The Morgan fingerprint density at radius 3 is 2.77 bits per heavy atom.